The maximum atomic E-state index is 12.9. The van der Waals surface area contributed by atoms with E-state index in [0.29, 0.717) is 12.3 Å². The molecule has 2 aromatic rings. The highest BCUT2D eigenvalue weighted by Crippen LogP contribution is 2.27. The van der Waals surface area contributed by atoms with Gasteiger partial charge in [-0.1, -0.05) is 11.6 Å². The zero-order valence-electron chi connectivity index (χ0n) is 12.5. The molecule has 0 bridgehead atoms. The first-order valence-corrected chi connectivity index (χ1v) is 6.80. The molecular formula is C17H20FNO2. The molecule has 1 atom stereocenters. The molecule has 3 nitrogen and oxygen atoms in total. The van der Waals surface area contributed by atoms with E-state index in [4.69, 9.17) is 4.74 Å². The molecule has 2 aromatic carbocycles. The van der Waals surface area contributed by atoms with E-state index in [0.717, 1.165) is 16.8 Å². The Morgan fingerprint density at radius 1 is 1.19 bits per heavy atom. The zero-order valence-corrected chi connectivity index (χ0v) is 12.5. The highest BCUT2D eigenvalue weighted by Gasteiger charge is 2.16. The van der Waals surface area contributed by atoms with Crippen molar-refractivity contribution >= 4 is 5.69 Å². The molecule has 0 heterocycles. The van der Waals surface area contributed by atoms with Crippen molar-refractivity contribution in [2.45, 2.75) is 13.0 Å². The largest absolute Gasteiger partial charge is 0.496 e. The van der Waals surface area contributed by atoms with E-state index < -0.39 is 6.10 Å². The predicted octanol–water partition coefficient (Wildman–Crippen LogP) is 3.31. The molecule has 21 heavy (non-hydrogen) atoms. The van der Waals surface area contributed by atoms with Gasteiger partial charge in [0.25, 0.3) is 0 Å². The van der Waals surface area contributed by atoms with E-state index in [9.17, 15) is 9.50 Å². The first-order valence-electron chi connectivity index (χ1n) is 6.80. The second-order valence-corrected chi connectivity index (χ2v) is 5.12. The Morgan fingerprint density at radius 2 is 1.86 bits per heavy atom. The summed E-state index contributed by atoms with van der Waals surface area (Å²) in [5.74, 6) is 0.397. The van der Waals surface area contributed by atoms with Crippen LogP contribution in [0.1, 0.15) is 17.2 Å². The zero-order chi connectivity index (χ0) is 15.4. The van der Waals surface area contributed by atoms with Crippen LogP contribution in [0.15, 0.2) is 42.5 Å². The highest BCUT2D eigenvalue weighted by molar-refractivity contribution is 5.46. The smallest absolute Gasteiger partial charge is 0.124 e. The van der Waals surface area contributed by atoms with Crippen LogP contribution in [0.3, 0.4) is 0 Å². The summed E-state index contributed by atoms with van der Waals surface area (Å²) >= 11 is 0. The number of aryl methyl sites for hydroxylation is 1. The van der Waals surface area contributed by atoms with E-state index in [1.807, 2.05) is 37.1 Å². The number of hydrogen-bond acceptors (Lipinski definition) is 3. The minimum absolute atomic E-state index is 0.270. The van der Waals surface area contributed by atoms with E-state index in [1.165, 1.54) is 12.1 Å². The van der Waals surface area contributed by atoms with Crippen LogP contribution in [0.5, 0.6) is 5.75 Å². The van der Waals surface area contributed by atoms with Gasteiger partial charge in [-0.25, -0.2) is 4.39 Å². The van der Waals surface area contributed by atoms with Crippen LogP contribution in [-0.4, -0.2) is 25.8 Å². The molecule has 1 N–H and O–H groups in total. The van der Waals surface area contributed by atoms with Gasteiger partial charge in [0.2, 0.25) is 0 Å². The van der Waals surface area contributed by atoms with Crippen LogP contribution < -0.4 is 9.64 Å². The van der Waals surface area contributed by atoms with Gasteiger partial charge in [-0.15, -0.1) is 0 Å². The van der Waals surface area contributed by atoms with Gasteiger partial charge in [0.05, 0.1) is 13.2 Å². The number of rotatable bonds is 5. The highest BCUT2D eigenvalue weighted by atomic mass is 19.1. The van der Waals surface area contributed by atoms with Crippen molar-refractivity contribution in [3.63, 3.8) is 0 Å². The third kappa shape index (κ3) is 3.73. The maximum absolute atomic E-state index is 12.9. The van der Waals surface area contributed by atoms with Gasteiger partial charge < -0.3 is 14.7 Å². The fraction of sp³-hybridized carbons (Fsp3) is 0.294. The molecule has 0 aliphatic rings. The Kier molecular flexibility index (Phi) is 4.81. The molecule has 4 heteroatoms. The number of anilines is 1. The second-order valence-electron chi connectivity index (χ2n) is 5.12. The summed E-state index contributed by atoms with van der Waals surface area (Å²) in [7, 11) is 3.45. The normalized spacial score (nSPS) is 12.0. The fourth-order valence-corrected chi connectivity index (χ4v) is 2.27. The summed E-state index contributed by atoms with van der Waals surface area (Å²) in [4.78, 5) is 1.88. The molecule has 0 saturated heterocycles. The van der Waals surface area contributed by atoms with Gasteiger partial charge in [0.1, 0.15) is 11.6 Å². The van der Waals surface area contributed by atoms with E-state index in [-0.39, 0.29) is 5.82 Å². The number of methoxy groups -OCH3 is 1. The second kappa shape index (κ2) is 6.59. The van der Waals surface area contributed by atoms with E-state index >= 15 is 0 Å². The van der Waals surface area contributed by atoms with Crippen molar-refractivity contribution in [3.8, 4) is 5.75 Å². The third-order valence-corrected chi connectivity index (χ3v) is 3.46. The summed E-state index contributed by atoms with van der Waals surface area (Å²) < 4.78 is 18.2. The summed E-state index contributed by atoms with van der Waals surface area (Å²) in [5, 5.41) is 10.4. The lowest BCUT2D eigenvalue weighted by Crippen LogP contribution is -2.24. The molecule has 0 saturated carbocycles. The molecule has 112 valence electrons. The molecule has 0 aliphatic heterocycles. The average Bonchev–Trinajstić information content (AvgIpc) is 2.47. The Hall–Kier alpha value is -2.07. The van der Waals surface area contributed by atoms with Crippen molar-refractivity contribution < 1.29 is 14.2 Å². The average molecular weight is 289 g/mol. The molecule has 1 unspecified atom stereocenters. The Bertz CT molecular complexity index is 598. The standard InChI is InChI=1S/C17H20FNO2/c1-12-4-9-17(21-3)15(10-12)16(20)11-19(2)14-7-5-13(18)6-8-14/h4-10,16,20H,11H2,1-3H3. The minimum atomic E-state index is -0.685. The van der Waals surface area contributed by atoms with Crippen molar-refractivity contribution in [2.75, 3.05) is 25.6 Å². The third-order valence-electron chi connectivity index (χ3n) is 3.46. The first-order chi connectivity index (χ1) is 10.0. The van der Waals surface area contributed by atoms with Crippen LogP contribution in [0.2, 0.25) is 0 Å². The number of likely N-dealkylation sites (N-methyl/N-ethyl adjacent to an activating group) is 1. The summed E-state index contributed by atoms with van der Waals surface area (Å²) in [5.41, 5.74) is 2.67. The molecule has 0 fully saturated rings. The van der Waals surface area contributed by atoms with Crippen LogP contribution in [0.4, 0.5) is 10.1 Å². The van der Waals surface area contributed by atoms with Gasteiger partial charge in [-0.05, 0) is 43.3 Å². The quantitative estimate of drug-likeness (QED) is 0.916. The minimum Gasteiger partial charge on any atom is -0.496 e. The van der Waals surface area contributed by atoms with E-state index in [1.54, 1.807) is 19.2 Å². The number of aliphatic hydroxyl groups is 1. The number of benzene rings is 2. The van der Waals surface area contributed by atoms with Crippen LogP contribution >= 0.6 is 0 Å². The number of halogens is 1. The van der Waals surface area contributed by atoms with Gasteiger partial charge in [0.15, 0.2) is 0 Å². The Balaban J connectivity index is 2.15. The van der Waals surface area contributed by atoms with Crippen molar-refractivity contribution in [2.24, 2.45) is 0 Å². The lowest BCUT2D eigenvalue weighted by Gasteiger charge is -2.24. The Labute approximate surface area is 124 Å². The van der Waals surface area contributed by atoms with Gasteiger partial charge in [0, 0.05) is 24.8 Å². The first kappa shape index (κ1) is 15.3. The van der Waals surface area contributed by atoms with Crippen molar-refractivity contribution in [1.29, 1.82) is 0 Å². The van der Waals surface area contributed by atoms with Crippen molar-refractivity contribution in [3.05, 3.63) is 59.4 Å². The number of ether oxygens (including phenoxy) is 1. The predicted molar refractivity (Wildman–Crippen MR) is 82.4 cm³/mol. The molecule has 0 amide bonds. The molecule has 2 rings (SSSR count). The fourth-order valence-electron chi connectivity index (χ4n) is 2.27. The number of nitrogens with zero attached hydrogens (tertiary/aromatic N) is 1. The van der Waals surface area contributed by atoms with Crippen molar-refractivity contribution in [1.82, 2.24) is 0 Å². The van der Waals surface area contributed by atoms with Gasteiger partial charge >= 0.3 is 0 Å². The van der Waals surface area contributed by atoms with Gasteiger partial charge in [-0.2, -0.15) is 0 Å². The lowest BCUT2D eigenvalue weighted by molar-refractivity contribution is 0.180. The van der Waals surface area contributed by atoms with Crippen LogP contribution in [0.25, 0.3) is 0 Å². The number of aliphatic hydroxyl groups excluding tert-OH is 1. The lowest BCUT2D eigenvalue weighted by atomic mass is 10.0. The molecular weight excluding hydrogens is 269 g/mol. The summed E-state index contributed by atoms with van der Waals surface area (Å²) in [6.07, 6.45) is -0.685. The van der Waals surface area contributed by atoms with E-state index in [2.05, 4.69) is 0 Å². The Morgan fingerprint density at radius 3 is 2.48 bits per heavy atom. The summed E-state index contributed by atoms with van der Waals surface area (Å²) in [6, 6.07) is 11.9. The molecule has 0 spiro atoms. The SMILES string of the molecule is COc1ccc(C)cc1C(O)CN(C)c1ccc(F)cc1. The molecule has 0 radical (unpaired) electrons. The van der Waals surface area contributed by atoms with Crippen LogP contribution in [-0.2, 0) is 0 Å². The van der Waals surface area contributed by atoms with Gasteiger partial charge in [-0.3, -0.25) is 0 Å². The topological polar surface area (TPSA) is 32.7 Å². The molecule has 0 aromatic heterocycles. The molecule has 0 aliphatic carbocycles. The maximum Gasteiger partial charge on any atom is 0.124 e. The summed E-state index contributed by atoms with van der Waals surface area (Å²) in [6.45, 7) is 2.37. The number of hydrogen-bond donors (Lipinski definition) is 1. The monoisotopic (exact) mass is 289 g/mol. The van der Waals surface area contributed by atoms with Crippen LogP contribution in [0, 0.1) is 12.7 Å².